The van der Waals surface area contributed by atoms with E-state index in [0.29, 0.717) is 21.5 Å². The normalized spacial score (nSPS) is 17.9. The first-order valence-corrected chi connectivity index (χ1v) is 14.0. The maximum absolute atomic E-state index is 15.2. The zero-order valence-electron chi connectivity index (χ0n) is 21.5. The number of carbonyl (C=O) groups is 1. The van der Waals surface area contributed by atoms with E-state index >= 15 is 4.39 Å². The minimum absolute atomic E-state index is 0.0346. The van der Waals surface area contributed by atoms with E-state index in [0.717, 1.165) is 46.9 Å². The molecule has 3 nitrogen and oxygen atoms in total. The lowest BCUT2D eigenvalue weighted by Gasteiger charge is -2.39. The zero-order valence-corrected chi connectivity index (χ0v) is 23.1. The largest absolute Gasteiger partial charge is 0.330 e. The molecule has 1 amide bonds. The molecule has 1 saturated carbocycles. The summed E-state index contributed by atoms with van der Waals surface area (Å²) < 4.78 is 16.2. The van der Waals surface area contributed by atoms with E-state index < -0.39 is 0 Å². The monoisotopic (exact) mass is 534 g/mol. The quantitative estimate of drug-likeness (QED) is 0.249. The summed E-state index contributed by atoms with van der Waals surface area (Å²) in [7, 11) is 4.22. The molecule has 3 aromatic carbocycles. The van der Waals surface area contributed by atoms with Crippen LogP contribution in [-0.4, -0.2) is 41.9 Å². The summed E-state index contributed by atoms with van der Waals surface area (Å²) in [4.78, 5) is 18.7. The standard InChI is InChI=1S/C31H32ClFN2OS/c1-20-8-10-21(11-9-20)22-12-17-27(33)23(18-22)19-35(25-15-13-24(14-16-25)34(2)3)31(36)30-29(32)26-6-4-5-7-28(26)37-30/h4-12,17-18,24-25H,13-16,19H2,1-3H3. The average molecular weight is 535 g/mol. The second kappa shape index (κ2) is 10.9. The van der Waals surface area contributed by atoms with Crippen LogP contribution >= 0.6 is 22.9 Å². The first kappa shape index (κ1) is 25.9. The summed E-state index contributed by atoms with van der Waals surface area (Å²) in [6.45, 7) is 2.26. The number of fused-ring (bicyclic) bond motifs is 1. The van der Waals surface area contributed by atoms with Crippen molar-refractivity contribution in [3.8, 4) is 11.1 Å². The highest BCUT2D eigenvalue weighted by Crippen LogP contribution is 2.38. The Morgan fingerprint density at radius 1 is 0.946 bits per heavy atom. The van der Waals surface area contributed by atoms with Gasteiger partial charge < -0.3 is 9.80 Å². The molecule has 0 aliphatic heterocycles. The lowest BCUT2D eigenvalue weighted by molar-refractivity contribution is 0.0572. The van der Waals surface area contributed by atoms with Gasteiger partial charge in [-0.15, -0.1) is 11.3 Å². The third-order valence-electron chi connectivity index (χ3n) is 7.60. The van der Waals surface area contributed by atoms with Crippen LogP contribution in [-0.2, 0) is 6.54 Å². The Labute approximate surface area is 227 Å². The third kappa shape index (κ3) is 5.45. The molecule has 0 unspecified atom stereocenters. The van der Waals surface area contributed by atoms with E-state index in [-0.39, 0.29) is 24.3 Å². The number of halogens is 2. The SMILES string of the molecule is Cc1ccc(-c2ccc(F)c(CN(C(=O)c3sc4ccccc4c3Cl)C3CCC(N(C)C)CC3)c2)cc1. The van der Waals surface area contributed by atoms with Gasteiger partial charge in [0.1, 0.15) is 10.7 Å². The molecule has 1 aliphatic carbocycles. The number of rotatable bonds is 6. The van der Waals surface area contributed by atoms with Gasteiger partial charge in [-0.3, -0.25) is 4.79 Å². The molecule has 1 fully saturated rings. The van der Waals surface area contributed by atoms with Crippen LogP contribution < -0.4 is 0 Å². The van der Waals surface area contributed by atoms with Gasteiger partial charge in [0.2, 0.25) is 0 Å². The van der Waals surface area contributed by atoms with Gasteiger partial charge in [-0.2, -0.15) is 0 Å². The van der Waals surface area contributed by atoms with Crippen molar-refractivity contribution >= 4 is 38.9 Å². The number of hydrogen-bond acceptors (Lipinski definition) is 3. The van der Waals surface area contributed by atoms with Crippen LogP contribution in [0.2, 0.25) is 5.02 Å². The first-order chi connectivity index (χ1) is 17.8. The summed E-state index contributed by atoms with van der Waals surface area (Å²) in [6, 6.07) is 21.8. The van der Waals surface area contributed by atoms with Gasteiger partial charge in [0, 0.05) is 34.3 Å². The molecule has 0 N–H and O–H groups in total. The summed E-state index contributed by atoms with van der Waals surface area (Å²) in [5.74, 6) is -0.405. The molecule has 0 saturated heterocycles. The fourth-order valence-electron chi connectivity index (χ4n) is 5.34. The smallest absolute Gasteiger partial charge is 0.266 e. The molecule has 0 radical (unpaired) electrons. The van der Waals surface area contributed by atoms with Crippen molar-refractivity contribution in [1.82, 2.24) is 9.80 Å². The zero-order chi connectivity index (χ0) is 26.1. The van der Waals surface area contributed by atoms with Crippen molar-refractivity contribution in [1.29, 1.82) is 0 Å². The van der Waals surface area contributed by atoms with E-state index in [1.807, 2.05) is 42.2 Å². The van der Waals surface area contributed by atoms with E-state index in [2.05, 4.69) is 43.3 Å². The fraction of sp³-hybridized carbons (Fsp3) is 0.323. The Hall–Kier alpha value is -2.73. The van der Waals surface area contributed by atoms with Crippen LogP contribution in [0.15, 0.2) is 66.7 Å². The van der Waals surface area contributed by atoms with Crippen LogP contribution in [0.1, 0.15) is 46.5 Å². The maximum atomic E-state index is 15.2. The predicted octanol–water partition coefficient (Wildman–Crippen LogP) is 8.18. The van der Waals surface area contributed by atoms with Gasteiger partial charge in [0.25, 0.3) is 5.91 Å². The number of aryl methyl sites for hydroxylation is 1. The van der Waals surface area contributed by atoms with Crippen LogP contribution in [0.4, 0.5) is 4.39 Å². The van der Waals surface area contributed by atoms with Crippen LogP contribution in [0.25, 0.3) is 21.2 Å². The van der Waals surface area contributed by atoms with Crippen LogP contribution in [0, 0.1) is 12.7 Å². The van der Waals surface area contributed by atoms with Gasteiger partial charge in [-0.05, 0) is 76.0 Å². The number of thiophene rings is 1. The molecule has 1 aliphatic rings. The Kier molecular flexibility index (Phi) is 7.66. The van der Waals surface area contributed by atoms with Gasteiger partial charge in [-0.1, -0.05) is 65.7 Å². The van der Waals surface area contributed by atoms with Crippen molar-refractivity contribution in [2.24, 2.45) is 0 Å². The number of carbonyl (C=O) groups excluding carboxylic acids is 1. The van der Waals surface area contributed by atoms with Crippen molar-refractivity contribution in [2.45, 2.75) is 51.2 Å². The van der Waals surface area contributed by atoms with Crippen molar-refractivity contribution < 1.29 is 9.18 Å². The molecule has 6 heteroatoms. The second-order valence-electron chi connectivity index (χ2n) is 10.3. The molecule has 0 atom stereocenters. The number of amides is 1. The molecule has 4 aromatic rings. The lowest BCUT2D eigenvalue weighted by Crippen LogP contribution is -2.44. The van der Waals surface area contributed by atoms with Crippen molar-refractivity contribution in [3.05, 3.63) is 93.6 Å². The first-order valence-electron chi connectivity index (χ1n) is 12.8. The fourth-order valence-corrected chi connectivity index (χ4v) is 6.81. The van der Waals surface area contributed by atoms with Crippen LogP contribution in [0.3, 0.4) is 0 Å². The van der Waals surface area contributed by atoms with Crippen molar-refractivity contribution in [3.63, 3.8) is 0 Å². The summed E-state index contributed by atoms with van der Waals surface area (Å²) >= 11 is 8.15. The molecule has 192 valence electrons. The van der Waals surface area contributed by atoms with E-state index in [1.54, 1.807) is 6.07 Å². The number of nitrogens with zero attached hydrogens (tertiary/aromatic N) is 2. The number of hydrogen-bond donors (Lipinski definition) is 0. The highest BCUT2D eigenvalue weighted by Gasteiger charge is 2.32. The van der Waals surface area contributed by atoms with Gasteiger partial charge >= 0.3 is 0 Å². The maximum Gasteiger partial charge on any atom is 0.266 e. The van der Waals surface area contributed by atoms with E-state index in [4.69, 9.17) is 11.6 Å². The summed E-state index contributed by atoms with van der Waals surface area (Å²) in [6.07, 6.45) is 3.79. The lowest BCUT2D eigenvalue weighted by atomic mass is 9.89. The van der Waals surface area contributed by atoms with Crippen molar-refractivity contribution in [2.75, 3.05) is 14.1 Å². The number of benzene rings is 3. The third-order valence-corrected chi connectivity index (χ3v) is 9.26. The average Bonchev–Trinajstić information content (AvgIpc) is 3.25. The highest BCUT2D eigenvalue weighted by molar-refractivity contribution is 7.21. The molecule has 1 heterocycles. The Balaban J connectivity index is 1.50. The molecule has 5 rings (SSSR count). The van der Waals surface area contributed by atoms with Gasteiger partial charge in [-0.25, -0.2) is 4.39 Å². The topological polar surface area (TPSA) is 23.6 Å². The van der Waals surface area contributed by atoms with Crippen LogP contribution in [0.5, 0.6) is 0 Å². The minimum Gasteiger partial charge on any atom is -0.330 e. The van der Waals surface area contributed by atoms with Gasteiger partial charge in [0.05, 0.1) is 5.02 Å². The molecule has 37 heavy (non-hydrogen) atoms. The molecule has 0 bridgehead atoms. The second-order valence-corrected chi connectivity index (χ2v) is 11.7. The molecule has 0 spiro atoms. The minimum atomic E-state index is -0.293. The van der Waals surface area contributed by atoms with E-state index in [9.17, 15) is 4.79 Å². The molecular weight excluding hydrogens is 503 g/mol. The van der Waals surface area contributed by atoms with E-state index in [1.165, 1.54) is 23.0 Å². The summed E-state index contributed by atoms with van der Waals surface area (Å²) in [5.41, 5.74) is 3.68. The highest BCUT2D eigenvalue weighted by atomic mass is 35.5. The predicted molar refractivity (Wildman–Crippen MR) is 153 cm³/mol. The Morgan fingerprint density at radius 3 is 2.27 bits per heavy atom. The van der Waals surface area contributed by atoms with Gasteiger partial charge in [0.15, 0.2) is 0 Å². The Morgan fingerprint density at radius 2 is 1.59 bits per heavy atom. The molecular formula is C31H32ClFN2OS. The molecule has 1 aromatic heterocycles. The summed E-state index contributed by atoms with van der Waals surface area (Å²) in [5, 5.41) is 1.38. The Bertz CT molecular complexity index is 1410.